The third kappa shape index (κ3) is 6.35. The molecule has 0 aliphatic heterocycles. The van der Waals surface area contributed by atoms with Crippen LogP contribution in [-0.2, 0) is 0 Å². The monoisotopic (exact) mass is 934 g/mol. The molecular formula is C68H42N2O3. The third-order valence-electron chi connectivity index (χ3n) is 14.6. The lowest BCUT2D eigenvalue weighted by atomic mass is 9.97. The van der Waals surface area contributed by atoms with Gasteiger partial charge in [-0.2, -0.15) is 0 Å². The Labute approximate surface area is 419 Å². The minimum atomic E-state index is 0.813. The number of rotatable bonds is 8. The molecule has 0 saturated carbocycles. The Bertz CT molecular complexity index is 4350. The molecule has 0 aliphatic rings. The van der Waals surface area contributed by atoms with Crippen molar-refractivity contribution in [3.05, 3.63) is 255 Å². The van der Waals surface area contributed by atoms with Crippen LogP contribution in [0.1, 0.15) is 0 Å². The summed E-state index contributed by atoms with van der Waals surface area (Å²) in [5.41, 5.74) is 15.3. The summed E-state index contributed by atoms with van der Waals surface area (Å²) in [5, 5.41) is 10.4. The van der Waals surface area contributed by atoms with E-state index in [1.807, 2.05) is 12.1 Å². The number of hydrogen-bond donors (Lipinski definition) is 0. The van der Waals surface area contributed by atoms with Crippen LogP contribution >= 0.6 is 0 Å². The quantitative estimate of drug-likeness (QED) is 0.152. The summed E-state index contributed by atoms with van der Waals surface area (Å²) in [6, 6.07) is 90.3. The summed E-state index contributed by atoms with van der Waals surface area (Å²) in [4.78, 5) is 4.81. The lowest BCUT2D eigenvalue weighted by Gasteiger charge is -2.29. The molecule has 0 fully saturated rings. The van der Waals surface area contributed by atoms with E-state index in [9.17, 15) is 0 Å². The number of anilines is 6. The van der Waals surface area contributed by atoms with Crippen molar-refractivity contribution in [2.45, 2.75) is 0 Å². The molecule has 342 valence electrons. The summed E-state index contributed by atoms with van der Waals surface area (Å²) in [7, 11) is 0. The van der Waals surface area contributed by atoms with Gasteiger partial charge in [0, 0.05) is 65.0 Å². The summed E-state index contributed by atoms with van der Waals surface area (Å²) in [6.07, 6.45) is 0. The summed E-state index contributed by atoms with van der Waals surface area (Å²) >= 11 is 0. The van der Waals surface area contributed by atoms with Crippen LogP contribution in [0.3, 0.4) is 0 Å². The summed E-state index contributed by atoms with van der Waals surface area (Å²) in [5.74, 6) is 0. The average molecular weight is 935 g/mol. The fourth-order valence-electron chi connectivity index (χ4n) is 11.4. The molecule has 3 heterocycles. The van der Waals surface area contributed by atoms with Gasteiger partial charge < -0.3 is 23.1 Å². The van der Waals surface area contributed by atoms with Crippen molar-refractivity contribution in [3.63, 3.8) is 0 Å². The Hall–Kier alpha value is -9.84. The first-order valence-electron chi connectivity index (χ1n) is 24.7. The lowest BCUT2D eigenvalue weighted by Crippen LogP contribution is -2.12. The SMILES string of the molecule is c1ccc(-c2ccccc2N(c2cc3c4cc(N(c5ccccc5-c5ccccc5)c5cccc6c5oc5ccccc56)c5ccccc5c4oc3c3ccccc23)c2cccc3c2oc2ccccc23)cc1. The molecule has 0 N–H and O–H groups in total. The molecule has 0 amide bonds. The van der Waals surface area contributed by atoms with Crippen molar-refractivity contribution in [1.29, 1.82) is 0 Å². The molecule has 5 heteroatoms. The van der Waals surface area contributed by atoms with Gasteiger partial charge in [-0.3, -0.25) is 0 Å². The van der Waals surface area contributed by atoms with Crippen molar-refractivity contribution in [2.24, 2.45) is 0 Å². The zero-order valence-corrected chi connectivity index (χ0v) is 39.4. The number of fused-ring (bicyclic) bond motifs is 13. The molecule has 3 aromatic heterocycles. The molecule has 12 aromatic carbocycles. The first-order chi connectivity index (χ1) is 36.2. The van der Waals surface area contributed by atoms with Crippen LogP contribution in [-0.4, -0.2) is 0 Å². The molecule has 0 atom stereocenters. The van der Waals surface area contributed by atoms with Crippen molar-refractivity contribution >= 4 is 121 Å². The van der Waals surface area contributed by atoms with Gasteiger partial charge in [-0.15, -0.1) is 0 Å². The molecule has 5 nitrogen and oxygen atoms in total. The minimum Gasteiger partial charge on any atom is -0.455 e. The van der Waals surface area contributed by atoms with Crippen LogP contribution < -0.4 is 9.80 Å². The van der Waals surface area contributed by atoms with E-state index in [2.05, 4.69) is 252 Å². The van der Waals surface area contributed by atoms with Crippen LogP contribution in [0.25, 0.3) is 110 Å². The highest BCUT2D eigenvalue weighted by Gasteiger charge is 2.29. The van der Waals surface area contributed by atoms with Crippen LogP contribution in [0.15, 0.2) is 268 Å². The first-order valence-corrected chi connectivity index (χ1v) is 24.7. The predicted octanol–water partition coefficient (Wildman–Crippen LogP) is 20.0. The first kappa shape index (κ1) is 41.0. The van der Waals surface area contributed by atoms with Gasteiger partial charge in [-0.25, -0.2) is 0 Å². The maximum Gasteiger partial charge on any atom is 0.159 e. The van der Waals surface area contributed by atoms with Gasteiger partial charge in [-0.05, 0) is 59.7 Å². The largest absolute Gasteiger partial charge is 0.455 e. The summed E-state index contributed by atoms with van der Waals surface area (Å²) in [6.45, 7) is 0. The van der Waals surface area contributed by atoms with Gasteiger partial charge in [0.1, 0.15) is 22.3 Å². The van der Waals surface area contributed by atoms with E-state index in [1.165, 1.54) is 0 Å². The molecule has 15 aromatic rings. The standard InChI is InChI=1S/C68H42N2O3/c1-3-21-43(22-4-1)45-25-11-15-35-57(45)69(59-37-19-33-53-49-29-13-17-39-63(49)71-67(53)59)61-41-55-56-42-62(48-28-8-10-32-52(48)66(56)73-65(55)51-31-9-7-27-47(51)61)70(58-36-16-12-26-46(58)44-23-5-2-6-24-44)60-38-20-34-54-50-30-14-18-40-64(50)72-68(54)60/h1-42H. The van der Waals surface area contributed by atoms with Gasteiger partial charge in [0.05, 0.1) is 34.1 Å². The highest BCUT2D eigenvalue weighted by Crippen LogP contribution is 2.53. The van der Waals surface area contributed by atoms with Gasteiger partial charge in [-0.1, -0.05) is 206 Å². The maximum absolute atomic E-state index is 7.30. The number of benzene rings is 12. The molecule has 0 radical (unpaired) electrons. The van der Waals surface area contributed by atoms with Crippen molar-refractivity contribution in [1.82, 2.24) is 0 Å². The Balaban J connectivity index is 1.07. The molecular weight excluding hydrogens is 893 g/mol. The van der Waals surface area contributed by atoms with E-state index >= 15 is 0 Å². The second-order valence-electron chi connectivity index (χ2n) is 18.7. The Morgan fingerprint density at radius 2 is 0.534 bits per heavy atom. The smallest absolute Gasteiger partial charge is 0.159 e. The van der Waals surface area contributed by atoms with Crippen molar-refractivity contribution in [3.8, 4) is 22.3 Å². The second-order valence-corrected chi connectivity index (χ2v) is 18.7. The molecule has 0 aliphatic carbocycles. The second kappa shape index (κ2) is 16.4. The normalized spacial score (nSPS) is 11.8. The van der Waals surface area contributed by atoms with Crippen molar-refractivity contribution < 1.29 is 13.3 Å². The fourth-order valence-corrected chi connectivity index (χ4v) is 11.4. The average Bonchev–Trinajstić information content (AvgIpc) is 4.17. The van der Waals surface area contributed by atoms with E-state index in [4.69, 9.17) is 13.3 Å². The molecule has 0 spiro atoms. The van der Waals surface area contributed by atoms with Crippen LogP contribution in [0.5, 0.6) is 0 Å². The van der Waals surface area contributed by atoms with Crippen molar-refractivity contribution in [2.75, 3.05) is 9.80 Å². The van der Waals surface area contributed by atoms with Crippen LogP contribution in [0.4, 0.5) is 34.1 Å². The Morgan fingerprint density at radius 3 is 0.986 bits per heavy atom. The number of hydrogen-bond acceptors (Lipinski definition) is 5. The van der Waals surface area contributed by atoms with Crippen LogP contribution in [0.2, 0.25) is 0 Å². The van der Waals surface area contributed by atoms with Crippen LogP contribution in [0, 0.1) is 0 Å². The van der Waals surface area contributed by atoms with Gasteiger partial charge in [0.25, 0.3) is 0 Å². The van der Waals surface area contributed by atoms with E-state index in [0.29, 0.717) is 0 Å². The molecule has 15 rings (SSSR count). The number of para-hydroxylation sites is 6. The van der Waals surface area contributed by atoms with Gasteiger partial charge in [0.2, 0.25) is 0 Å². The Morgan fingerprint density at radius 1 is 0.205 bits per heavy atom. The highest BCUT2D eigenvalue weighted by atomic mass is 16.3. The minimum absolute atomic E-state index is 0.813. The molecule has 0 unspecified atom stereocenters. The predicted molar refractivity (Wildman–Crippen MR) is 304 cm³/mol. The molecule has 0 bridgehead atoms. The van der Waals surface area contributed by atoms with E-state index in [0.717, 1.165) is 144 Å². The number of nitrogens with zero attached hydrogens (tertiary/aromatic N) is 2. The van der Waals surface area contributed by atoms with E-state index in [-0.39, 0.29) is 0 Å². The zero-order chi connectivity index (χ0) is 48.0. The zero-order valence-electron chi connectivity index (χ0n) is 39.4. The van der Waals surface area contributed by atoms with Gasteiger partial charge >= 0.3 is 0 Å². The molecule has 0 saturated heterocycles. The fraction of sp³-hybridized carbons (Fsp3) is 0. The molecule has 73 heavy (non-hydrogen) atoms. The summed E-state index contributed by atoms with van der Waals surface area (Å²) < 4.78 is 21.1. The Kier molecular flexibility index (Phi) is 9.19. The lowest BCUT2D eigenvalue weighted by molar-refractivity contribution is 0.669. The van der Waals surface area contributed by atoms with Gasteiger partial charge in [0.15, 0.2) is 11.2 Å². The third-order valence-corrected chi connectivity index (χ3v) is 14.6. The van der Waals surface area contributed by atoms with E-state index in [1.54, 1.807) is 0 Å². The highest BCUT2D eigenvalue weighted by molar-refractivity contribution is 6.26. The maximum atomic E-state index is 7.30. The number of furan rings is 3. The van der Waals surface area contributed by atoms with E-state index < -0.39 is 0 Å². The topological polar surface area (TPSA) is 45.9 Å².